The highest BCUT2D eigenvalue weighted by Crippen LogP contribution is 2.28. The molecule has 0 heterocycles. The fraction of sp³-hybridized carbons (Fsp3) is 0.529. The van der Waals surface area contributed by atoms with Gasteiger partial charge in [0.15, 0.2) is 6.10 Å². The van der Waals surface area contributed by atoms with Gasteiger partial charge < -0.3 is 10.1 Å². The van der Waals surface area contributed by atoms with Gasteiger partial charge in [0.05, 0.1) is 0 Å². The Balaban J connectivity index is 1.74. The van der Waals surface area contributed by atoms with Crippen LogP contribution < -0.4 is 5.32 Å². The van der Waals surface area contributed by atoms with E-state index in [0.717, 1.165) is 6.42 Å². The maximum atomic E-state index is 12.0. The molecule has 1 aromatic carbocycles. The normalized spacial score (nSPS) is 16.3. The van der Waals surface area contributed by atoms with Crippen molar-refractivity contribution in [1.82, 2.24) is 0 Å². The van der Waals surface area contributed by atoms with Crippen molar-refractivity contribution in [2.24, 2.45) is 5.92 Å². The molecule has 1 saturated carbocycles. The van der Waals surface area contributed by atoms with Gasteiger partial charge in [0.1, 0.15) is 0 Å². The van der Waals surface area contributed by atoms with E-state index < -0.39 is 6.10 Å². The molecule has 0 bridgehead atoms. The Labute approximate surface area is 136 Å². The van der Waals surface area contributed by atoms with Crippen molar-refractivity contribution >= 4 is 29.2 Å². The fourth-order valence-corrected chi connectivity index (χ4v) is 2.93. The summed E-state index contributed by atoms with van der Waals surface area (Å²) in [5, 5.41) is 3.23. The summed E-state index contributed by atoms with van der Waals surface area (Å²) in [4.78, 5) is 23.8. The minimum absolute atomic E-state index is 0.305. The summed E-state index contributed by atoms with van der Waals surface area (Å²) in [6.45, 7) is 1.58. The standard InChI is InChI=1S/C17H22ClNO3/c1-12(17(21)19-15-8-4-7-14(18)11-15)22-16(20)10-9-13-5-2-3-6-13/h4,7-8,11-13H,2-3,5-6,9-10H2,1H3,(H,19,21)/t12-/m0/s1. The minimum Gasteiger partial charge on any atom is -0.453 e. The Morgan fingerprint density at radius 2 is 2.09 bits per heavy atom. The highest BCUT2D eigenvalue weighted by atomic mass is 35.5. The lowest BCUT2D eigenvalue weighted by Crippen LogP contribution is -2.30. The molecule has 120 valence electrons. The third-order valence-electron chi connectivity index (χ3n) is 4.00. The molecule has 0 spiro atoms. The third kappa shape index (κ3) is 5.34. The second kappa shape index (κ2) is 8.18. The number of carbonyl (C=O) groups is 2. The zero-order valence-electron chi connectivity index (χ0n) is 12.8. The summed E-state index contributed by atoms with van der Waals surface area (Å²) in [6.07, 6.45) is 5.38. The number of hydrogen-bond donors (Lipinski definition) is 1. The average molecular weight is 324 g/mol. The number of nitrogens with one attached hydrogen (secondary N) is 1. The van der Waals surface area contributed by atoms with Crippen LogP contribution in [0.25, 0.3) is 0 Å². The number of carbonyl (C=O) groups excluding carboxylic acids is 2. The van der Waals surface area contributed by atoms with E-state index in [4.69, 9.17) is 16.3 Å². The monoisotopic (exact) mass is 323 g/mol. The molecule has 1 aromatic rings. The number of rotatable bonds is 6. The quantitative estimate of drug-likeness (QED) is 0.799. The Morgan fingerprint density at radius 3 is 2.77 bits per heavy atom. The molecule has 2 rings (SSSR count). The largest absolute Gasteiger partial charge is 0.453 e. The van der Waals surface area contributed by atoms with E-state index in [9.17, 15) is 9.59 Å². The van der Waals surface area contributed by atoms with Crippen LogP contribution in [0.3, 0.4) is 0 Å². The van der Waals surface area contributed by atoms with Crippen LogP contribution in [0, 0.1) is 5.92 Å². The fourth-order valence-electron chi connectivity index (χ4n) is 2.74. The maximum absolute atomic E-state index is 12.0. The van der Waals surface area contributed by atoms with Crippen molar-refractivity contribution in [1.29, 1.82) is 0 Å². The van der Waals surface area contributed by atoms with Gasteiger partial charge in [-0.3, -0.25) is 9.59 Å². The first-order chi connectivity index (χ1) is 10.5. The van der Waals surface area contributed by atoms with E-state index in [1.165, 1.54) is 25.7 Å². The number of esters is 1. The molecule has 1 aliphatic carbocycles. The summed E-state index contributed by atoms with van der Waals surface area (Å²) < 4.78 is 5.19. The maximum Gasteiger partial charge on any atom is 0.306 e. The van der Waals surface area contributed by atoms with Crippen LogP contribution in [0.15, 0.2) is 24.3 Å². The Morgan fingerprint density at radius 1 is 1.36 bits per heavy atom. The molecule has 1 atom stereocenters. The van der Waals surface area contributed by atoms with Gasteiger partial charge in [-0.2, -0.15) is 0 Å². The molecular weight excluding hydrogens is 302 g/mol. The Bertz CT molecular complexity index is 526. The molecule has 0 unspecified atom stereocenters. The van der Waals surface area contributed by atoms with Gasteiger partial charge in [-0.1, -0.05) is 43.4 Å². The lowest BCUT2D eigenvalue weighted by molar-refractivity contribution is -0.153. The zero-order chi connectivity index (χ0) is 15.9. The highest BCUT2D eigenvalue weighted by Gasteiger charge is 2.20. The van der Waals surface area contributed by atoms with Crippen molar-refractivity contribution in [3.63, 3.8) is 0 Å². The van der Waals surface area contributed by atoms with Crippen LogP contribution in [-0.4, -0.2) is 18.0 Å². The van der Waals surface area contributed by atoms with Crippen molar-refractivity contribution in [3.05, 3.63) is 29.3 Å². The van der Waals surface area contributed by atoms with E-state index in [1.54, 1.807) is 31.2 Å². The van der Waals surface area contributed by atoms with Gasteiger partial charge in [-0.05, 0) is 37.5 Å². The molecule has 1 aliphatic rings. The van der Waals surface area contributed by atoms with Crippen molar-refractivity contribution in [2.75, 3.05) is 5.32 Å². The topological polar surface area (TPSA) is 55.4 Å². The molecule has 1 fully saturated rings. The molecule has 0 aliphatic heterocycles. The first-order valence-corrected chi connectivity index (χ1v) is 8.18. The summed E-state index contributed by atoms with van der Waals surface area (Å²) in [5.41, 5.74) is 0.589. The summed E-state index contributed by atoms with van der Waals surface area (Å²) in [7, 11) is 0. The van der Waals surface area contributed by atoms with Crippen LogP contribution in [0.5, 0.6) is 0 Å². The van der Waals surface area contributed by atoms with Crippen LogP contribution in [0.2, 0.25) is 5.02 Å². The average Bonchev–Trinajstić information content (AvgIpc) is 2.98. The number of ether oxygens (including phenoxy) is 1. The Hall–Kier alpha value is -1.55. The number of hydrogen-bond acceptors (Lipinski definition) is 3. The summed E-state index contributed by atoms with van der Waals surface area (Å²) in [5.74, 6) is -0.0136. The van der Waals surface area contributed by atoms with Crippen LogP contribution in [0.4, 0.5) is 5.69 Å². The van der Waals surface area contributed by atoms with E-state index in [2.05, 4.69) is 5.32 Å². The van der Waals surface area contributed by atoms with E-state index >= 15 is 0 Å². The van der Waals surface area contributed by atoms with Gasteiger partial charge in [0.2, 0.25) is 0 Å². The predicted octanol–water partition coefficient (Wildman–Crippen LogP) is 4.18. The first-order valence-electron chi connectivity index (χ1n) is 7.80. The molecular formula is C17H22ClNO3. The molecule has 5 heteroatoms. The van der Waals surface area contributed by atoms with Crippen molar-refractivity contribution < 1.29 is 14.3 Å². The number of halogens is 1. The van der Waals surface area contributed by atoms with Gasteiger partial charge in [0, 0.05) is 17.1 Å². The smallest absolute Gasteiger partial charge is 0.306 e. The van der Waals surface area contributed by atoms with Gasteiger partial charge in [0.25, 0.3) is 5.91 Å². The minimum atomic E-state index is -0.810. The second-order valence-corrected chi connectivity index (χ2v) is 6.26. The van der Waals surface area contributed by atoms with Crippen LogP contribution in [-0.2, 0) is 14.3 Å². The second-order valence-electron chi connectivity index (χ2n) is 5.82. The van der Waals surface area contributed by atoms with Gasteiger partial charge in [-0.15, -0.1) is 0 Å². The van der Waals surface area contributed by atoms with E-state index in [-0.39, 0.29) is 11.9 Å². The summed E-state index contributed by atoms with van der Waals surface area (Å²) >= 11 is 5.86. The third-order valence-corrected chi connectivity index (χ3v) is 4.24. The van der Waals surface area contributed by atoms with E-state index in [0.29, 0.717) is 23.0 Å². The molecule has 0 aromatic heterocycles. The first kappa shape index (κ1) is 16.8. The molecule has 0 radical (unpaired) electrons. The van der Waals surface area contributed by atoms with Gasteiger partial charge >= 0.3 is 5.97 Å². The zero-order valence-corrected chi connectivity index (χ0v) is 13.6. The number of amides is 1. The SMILES string of the molecule is C[C@H](OC(=O)CCC1CCCC1)C(=O)Nc1cccc(Cl)c1. The molecule has 1 amide bonds. The molecule has 1 N–H and O–H groups in total. The molecule has 22 heavy (non-hydrogen) atoms. The highest BCUT2D eigenvalue weighted by molar-refractivity contribution is 6.30. The van der Waals surface area contributed by atoms with E-state index in [1.807, 2.05) is 0 Å². The summed E-state index contributed by atoms with van der Waals surface area (Å²) in [6, 6.07) is 6.85. The van der Waals surface area contributed by atoms with Crippen LogP contribution in [0.1, 0.15) is 45.4 Å². The lowest BCUT2D eigenvalue weighted by Gasteiger charge is -2.14. The number of anilines is 1. The molecule has 4 nitrogen and oxygen atoms in total. The van der Waals surface area contributed by atoms with Crippen molar-refractivity contribution in [2.45, 2.75) is 51.6 Å². The van der Waals surface area contributed by atoms with Gasteiger partial charge in [-0.25, -0.2) is 0 Å². The van der Waals surface area contributed by atoms with Crippen molar-refractivity contribution in [3.8, 4) is 0 Å². The van der Waals surface area contributed by atoms with Crippen LogP contribution >= 0.6 is 11.6 Å². The molecule has 0 saturated heterocycles. The lowest BCUT2D eigenvalue weighted by atomic mass is 10.0. The number of benzene rings is 1. The Kier molecular flexibility index (Phi) is 6.25. The predicted molar refractivity (Wildman–Crippen MR) is 86.8 cm³/mol.